The molecular formula is C30H30N2O3. The lowest BCUT2D eigenvalue weighted by Gasteiger charge is -2.14. The molecule has 0 amide bonds. The predicted molar refractivity (Wildman–Crippen MR) is 139 cm³/mol. The Labute approximate surface area is 206 Å². The van der Waals surface area contributed by atoms with Crippen LogP contribution in [0.3, 0.4) is 0 Å². The highest BCUT2D eigenvalue weighted by molar-refractivity contribution is 6.07. The zero-order valence-electron chi connectivity index (χ0n) is 20.4. The fourth-order valence-electron chi connectivity index (χ4n) is 3.96. The van der Waals surface area contributed by atoms with E-state index in [9.17, 15) is 4.79 Å². The molecule has 0 unspecified atom stereocenters. The van der Waals surface area contributed by atoms with Crippen LogP contribution in [0.15, 0.2) is 85.1 Å². The first-order chi connectivity index (χ1) is 17.1. The number of hydrogen-bond acceptors (Lipinski definition) is 4. The van der Waals surface area contributed by atoms with E-state index in [0.29, 0.717) is 12.2 Å². The highest BCUT2D eigenvalue weighted by Gasteiger charge is 2.11. The summed E-state index contributed by atoms with van der Waals surface area (Å²) in [5, 5.41) is 4.36. The Morgan fingerprint density at radius 3 is 2.49 bits per heavy atom. The van der Waals surface area contributed by atoms with Gasteiger partial charge < -0.3 is 9.47 Å². The summed E-state index contributed by atoms with van der Waals surface area (Å²) in [7, 11) is 1.65. The summed E-state index contributed by atoms with van der Waals surface area (Å²) in [6.45, 7) is 4.93. The molecule has 0 N–H and O–H groups in total. The Balaban J connectivity index is 1.49. The zero-order valence-corrected chi connectivity index (χ0v) is 20.4. The number of aryl methyl sites for hydroxylation is 2. The van der Waals surface area contributed by atoms with Crippen molar-refractivity contribution < 1.29 is 14.3 Å². The molecule has 35 heavy (non-hydrogen) atoms. The molecule has 3 aromatic carbocycles. The van der Waals surface area contributed by atoms with Crippen molar-refractivity contribution in [3.8, 4) is 11.5 Å². The second kappa shape index (κ2) is 11.3. The SMILES string of the molecule is CCn1cc(C(=O)/C=C/c2ccc(OC)c(COc3ccccc3Cc3ccccc3)c2)c(C)n1. The van der Waals surface area contributed by atoms with E-state index in [1.165, 1.54) is 5.56 Å². The van der Waals surface area contributed by atoms with Gasteiger partial charge in [-0.2, -0.15) is 5.10 Å². The molecule has 4 rings (SSSR count). The molecule has 4 aromatic rings. The zero-order chi connectivity index (χ0) is 24.6. The molecule has 0 aliphatic heterocycles. The van der Waals surface area contributed by atoms with Crippen molar-refractivity contribution in [2.45, 2.75) is 33.4 Å². The molecule has 0 fully saturated rings. The van der Waals surface area contributed by atoms with Crippen LogP contribution >= 0.6 is 0 Å². The number of nitrogens with zero attached hydrogens (tertiary/aromatic N) is 2. The second-order valence-electron chi connectivity index (χ2n) is 8.31. The summed E-state index contributed by atoms with van der Waals surface area (Å²) in [6.07, 6.45) is 6.00. The van der Waals surface area contributed by atoms with Crippen molar-refractivity contribution in [1.82, 2.24) is 9.78 Å². The van der Waals surface area contributed by atoms with Crippen molar-refractivity contribution in [3.63, 3.8) is 0 Å². The topological polar surface area (TPSA) is 53.4 Å². The number of carbonyl (C=O) groups is 1. The average Bonchev–Trinajstić information content (AvgIpc) is 3.28. The van der Waals surface area contributed by atoms with E-state index in [0.717, 1.165) is 46.8 Å². The van der Waals surface area contributed by atoms with Gasteiger partial charge in [0.15, 0.2) is 5.78 Å². The monoisotopic (exact) mass is 466 g/mol. The Morgan fingerprint density at radius 2 is 1.74 bits per heavy atom. The number of carbonyl (C=O) groups excluding carboxylic acids is 1. The van der Waals surface area contributed by atoms with Gasteiger partial charge in [0.2, 0.25) is 0 Å². The van der Waals surface area contributed by atoms with Gasteiger partial charge in [-0.25, -0.2) is 0 Å². The number of benzene rings is 3. The van der Waals surface area contributed by atoms with Gasteiger partial charge in [-0.1, -0.05) is 60.7 Å². The summed E-state index contributed by atoms with van der Waals surface area (Å²) in [4.78, 5) is 12.7. The lowest BCUT2D eigenvalue weighted by atomic mass is 10.0. The van der Waals surface area contributed by atoms with Crippen LogP contribution in [-0.4, -0.2) is 22.7 Å². The second-order valence-corrected chi connectivity index (χ2v) is 8.31. The van der Waals surface area contributed by atoms with Crippen molar-refractivity contribution in [2.75, 3.05) is 7.11 Å². The number of methoxy groups -OCH3 is 1. The number of ketones is 1. The van der Waals surface area contributed by atoms with Crippen LogP contribution in [0.4, 0.5) is 0 Å². The largest absolute Gasteiger partial charge is 0.496 e. The third-order valence-corrected chi connectivity index (χ3v) is 5.86. The number of para-hydroxylation sites is 1. The minimum absolute atomic E-state index is 0.0642. The van der Waals surface area contributed by atoms with E-state index in [2.05, 4.69) is 23.3 Å². The van der Waals surface area contributed by atoms with Gasteiger partial charge in [-0.05, 0) is 54.8 Å². The lowest BCUT2D eigenvalue weighted by Crippen LogP contribution is -2.02. The first-order valence-electron chi connectivity index (χ1n) is 11.8. The maximum absolute atomic E-state index is 12.7. The van der Waals surface area contributed by atoms with Crippen molar-refractivity contribution >= 4 is 11.9 Å². The van der Waals surface area contributed by atoms with Crippen molar-refractivity contribution in [1.29, 1.82) is 0 Å². The summed E-state index contributed by atoms with van der Waals surface area (Å²) in [5.74, 6) is 1.53. The van der Waals surface area contributed by atoms with Crippen LogP contribution in [0.1, 0.15) is 45.2 Å². The molecule has 0 spiro atoms. The van der Waals surface area contributed by atoms with Gasteiger partial charge in [-0.15, -0.1) is 0 Å². The van der Waals surface area contributed by atoms with Crippen LogP contribution in [0.5, 0.6) is 11.5 Å². The van der Waals surface area contributed by atoms with Crippen LogP contribution in [-0.2, 0) is 19.6 Å². The molecule has 0 saturated heterocycles. The molecule has 0 aliphatic carbocycles. The van der Waals surface area contributed by atoms with Gasteiger partial charge in [-0.3, -0.25) is 9.48 Å². The average molecular weight is 467 g/mol. The van der Waals surface area contributed by atoms with Gasteiger partial charge in [0, 0.05) is 24.7 Å². The Hall–Kier alpha value is -4.12. The Bertz CT molecular complexity index is 1320. The van der Waals surface area contributed by atoms with Gasteiger partial charge in [0.25, 0.3) is 0 Å². The first kappa shape index (κ1) is 24.0. The maximum atomic E-state index is 12.7. The van der Waals surface area contributed by atoms with E-state index in [1.807, 2.05) is 74.5 Å². The van der Waals surface area contributed by atoms with E-state index in [4.69, 9.17) is 9.47 Å². The minimum atomic E-state index is -0.0642. The van der Waals surface area contributed by atoms with Crippen molar-refractivity contribution in [2.24, 2.45) is 0 Å². The van der Waals surface area contributed by atoms with Gasteiger partial charge in [0.1, 0.15) is 18.1 Å². The number of aromatic nitrogens is 2. The molecule has 0 radical (unpaired) electrons. The molecule has 1 heterocycles. The number of hydrogen-bond donors (Lipinski definition) is 0. The summed E-state index contributed by atoms with van der Waals surface area (Å²) >= 11 is 0. The molecule has 0 aliphatic rings. The molecule has 1 aromatic heterocycles. The Morgan fingerprint density at radius 1 is 0.971 bits per heavy atom. The fourth-order valence-corrected chi connectivity index (χ4v) is 3.96. The summed E-state index contributed by atoms with van der Waals surface area (Å²) in [5.41, 5.74) is 5.53. The Kier molecular flexibility index (Phi) is 7.78. The highest BCUT2D eigenvalue weighted by Crippen LogP contribution is 2.26. The van der Waals surface area contributed by atoms with Crippen LogP contribution in [0.25, 0.3) is 6.08 Å². The molecule has 178 valence electrons. The van der Waals surface area contributed by atoms with Gasteiger partial charge >= 0.3 is 0 Å². The number of allylic oxidation sites excluding steroid dienone is 1. The predicted octanol–water partition coefficient (Wildman–Crippen LogP) is 6.29. The smallest absolute Gasteiger partial charge is 0.189 e. The van der Waals surface area contributed by atoms with E-state index >= 15 is 0 Å². The molecule has 0 bridgehead atoms. The quantitative estimate of drug-likeness (QED) is 0.204. The van der Waals surface area contributed by atoms with E-state index < -0.39 is 0 Å². The van der Waals surface area contributed by atoms with Crippen LogP contribution in [0.2, 0.25) is 0 Å². The third kappa shape index (κ3) is 6.07. The molecule has 0 atom stereocenters. The first-order valence-corrected chi connectivity index (χ1v) is 11.8. The fraction of sp³-hybridized carbons (Fsp3) is 0.200. The normalized spacial score (nSPS) is 11.1. The molecule has 0 saturated carbocycles. The number of rotatable bonds is 10. The maximum Gasteiger partial charge on any atom is 0.189 e. The number of ether oxygens (including phenoxy) is 2. The summed E-state index contributed by atoms with van der Waals surface area (Å²) < 4.78 is 13.6. The van der Waals surface area contributed by atoms with Crippen LogP contribution in [0, 0.1) is 6.92 Å². The van der Waals surface area contributed by atoms with Gasteiger partial charge in [0.05, 0.1) is 18.4 Å². The standard InChI is InChI=1S/C30H30N2O3/c1-4-32-20-27(22(2)31-32)28(33)16-14-24-15-17-29(34-3)26(19-24)21-35-30-13-9-8-12-25(30)18-23-10-6-5-7-11-23/h5-17,19-20H,4,18,21H2,1-3H3/b16-14+. The van der Waals surface area contributed by atoms with Crippen LogP contribution < -0.4 is 9.47 Å². The van der Waals surface area contributed by atoms with Crippen molar-refractivity contribution in [3.05, 3.63) is 119 Å². The lowest BCUT2D eigenvalue weighted by molar-refractivity contribution is 0.104. The third-order valence-electron chi connectivity index (χ3n) is 5.86. The highest BCUT2D eigenvalue weighted by atomic mass is 16.5. The minimum Gasteiger partial charge on any atom is -0.496 e. The molecular weight excluding hydrogens is 436 g/mol. The van der Waals surface area contributed by atoms with E-state index in [1.54, 1.807) is 24.1 Å². The van der Waals surface area contributed by atoms with E-state index in [-0.39, 0.29) is 5.78 Å². The summed E-state index contributed by atoms with van der Waals surface area (Å²) in [6, 6.07) is 24.3. The molecule has 5 nitrogen and oxygen atoms in total. The molecule has 5 heteroatoms.